The van der Waals surface area contributed by atoms with Gasteiger partial charge >= 0.3 is 0 Å². The maximum absolute atomic E-state index is 13.3. The van der Waals surface area contributed by atoms with Gasteiger partial charge in [0.05, 0.1) is 21.7 Å². The van der Waals surface area contributed by atoms with Crippen LogP contribution in [0.2, 0.25) is 0 Å². The van der Waals surface area contributed by atoms with Crippen LogP contribution in [0.5, 0.6) is 0 Å². The summed E-state index contributed by atoms with van der Waals surface area (Å²) in [5.41, 5.74) is 2.27. The van der Waals surface area contributed by atoms with E-state index in [0.29, 0.717) is 27.3 Å². The number of aromatic nitrogens is 2. The predicted octanol–water partition coefficient (Wildman–Crippen LogP) is 5.44. The normalized spacial score (nSPS) is 13.1. The molecule has 1 aliphatic heterocycles. The minimum Gasteiger partial charge on any atom is -0.301 e. The standard InChI is InChI=1S/C24H14N4O3S3/c29-19(27-23-25-9-10-32-23)12-33-24-26-17-8-7-14(11-18(17)34-24)28-21(30)15-5-1-3-13-4-2-6-16(20(13)15)22(28)31/h1-11H,12H2,(H,25,27,29). The van der Waals surface area contributed by atoms with Crippen molar-refractivity contribution in [2.45, 2.75) is 4.34 Å². The molecule has 0 unspecified atom stereocenters. The SMILES string of the molecule is O=C(CSc1nc2ccc(N3C(=O)c4cccc5cccc(c45)C3=O)cc2s1)Nc1nccs1. The Hall–Kier alpha value is -3.60. The summed E-state index contributed by atoms with van der Waals surface area (Å²) in [6.07, 6.45) is 1.63. The van der Waals surface area contributed by atoms with Crippen molar-refractivity contribution in [2.24, 2.45) is 0 Å². The van der Waals surface area contributed by atoms with Crippen LogP contribution in [0.3, 0.4) is 0 Å². The summed E-state index contributed by atoms with van der Waals surface area (Å²) in [7, 11) is 0. The maximum Gasteiger partial charge on any atom is 0.265 e. The molecule has 0 bridgehead atoms. The molecule has 2 aromatic heterocycles. The van der Waals surface area contributed by atoms with E-state index in [1.165, 1.54) is 39.3 Å². The summed E-state index contributed by atoms with van der Waals surface area (Å²) in [6.45, 7) is 0. The Morgan fingerprint density at radius 2 is 1.79 bits per heavy atom. The summed E-state index contributed by atoms with van der Waals surface area (Å²) in [6, 6.07) is 16.3. The predicted molar refractivity (Wildman–Crippen MR) is 136 cm³/mol. The first-order valence-electron chi connectivity index (χ1n) is 10.2. The van der Waals surface area contributed by atoms with Gasteiger partial charge in [-0.2, -0.15) is 0 Å². The third-order valence-electron chi connectivity index (χ3n) is 5.39. The Balaban J connectivity index is 1.27. The molecule has 166 valence electrons. The van der Waals surface area contributed by atoms with E-state index >= 15 is 0 Å². The molecule has 0 aliphatic carbocycles. The van der Waals surface area contributed by atoms with Crippen molar-refractivity contribution in [3.05, 3.63) is 77.3 Å². The third kappa shape index (κ3) is 3.56. The first-order valence-corrected chi connectivity index (χ1v) is 12.9. The first-order chi connectivity index (χ1) is 16.6. The highest BCUT2D eigenvalue weighted by Crippen LogP contribution is 2.36. The van der Waals surface area contributed by atoms with Gasteiger partial charge < -0.3 is 5.32 Å². The van der Waals surface area contributed by atoms with E-state index in [9.17, 15) is 14.4 Å². The van der Waals surface area contributed by atoms with Gasteiger partial charge in [0.25, 0.3) is 11.8 Å². The Bertz CT molecular complexity index is 1560. The molecule has 1 N–H and O–H groups in total. The van der Waals surface area contributed by atoms with Crippen molar-refractivity contribution in [2.75, 3.05) is 16.0 Å². The van der Waals surface area contributed by atoms with Crippen LogP contribution in [0.1, 0.15) is 20.7 Å². The zero-order valence-corrected chi connectivity index (χ0v) is 19.8. The lowest BCUT2D eigenvalue weighted by Gasteiger charge is -2.27. The summed E-state index contributed by atoms with van der Waals surface area (Å²) in [5.74, 6) is -0.633. The average Bonchev–Trinajstić information content (AvgIpc) is 3.50. The number of hydrogen-bond donors (Lipinski definition) is 1. The number of nitrogens with zero attached hydrogens (tertiary/aromatic N) is 3. The number of hydrogen-bond acceptors (Lipinski definition) is 8. The molecule has 5 aromatic rings. The molecule has 1 aliphatic rings. The number of fused-ring (bicyclic) bond motifs is 1. The van der Waals surface area contributed by atoms with E-state index in [0.717, 1.165) is 19.9 Å². The maximum atomic E-state index is 13.3. The molecule has 6 rings (SSSR count). The lowest BCUT2D eigenvalue weighted by atomic mass is 9.94. The van der Waals surface area contributed by atoms with Gasteiger partial charge in [0, 0.05) is 28.1 Å². The largest absolute Gasteiger partial charge is 0.301 e. The number of rotatable bonds is 5. The van der Waals surface area contributed by atoms with Crippen molar-refractivity contribution < 1.29 is 14.4 Å². The molecule has 3 amide bonds. The van der Waals surface area contributed by atoms with E-state index in [1.54, 1.807) is 41.9 Å². The molecule has 7 nitrogen and oxygen atoms in total. The minimum absolute atomic E-state index is 0.155. The Labute approximate surface area is 205 Å². The van der Waals surface area contributed by atoms with E-state index in [1.807, 2.05) is 24.3 Å². The monoisotopic (exact) mass is 502 g/mol. The highest BCUT2D eigenvalue weighted by atomic mass is 32.2. The second kappa shape index (κ2) is 8.32. The molecule has 0 saturated carbocycles. The molecular formula is C24H14N4O3S3. The molecule has 3 aromatic carbocycles. The molecule has 0 saturated heterocycles. The van der Waals surface area contributed by atoms with E-state index in [2.05, 4.69) is 15.3 Å². The van der Waals surface area contributed by atoms with Gasteiger partial charge in [0.1, 0.15) is 0 Å². The lowest BCUT2D eigenvalue weighted by Crippen LogP contribution is -2.40. The van der Waals surface area contributed by atoms with Gasteiger partial charge in [-0.05, 0) is 35.7 Å². The fourth-order valence-electron chi connectivity index (χ4n) is 3.93. The Morgan fingerprint density at radius 3 is 2.50 bits per heavy atom. The average molecular weight is 503 g/mol. The van der Waals surface area contributed by atoms with Gasteiger partial charge in [-0.15, -0.1) is 22.7 Å². The van der Waals surface area contributed by atoms with E-state index in [-0.39, 0.29) is 23.5 Å². The third-order valence-corrected chi connectivity index (χ3v) is 8.24. The topological polar surface area (TPSA) is 92.3 Å². The number of amides is 3. The van der Waals surface area contributed by atoms with Crippen molar-refractivity contribution in [3.8, 4) is 0 Å². The van der Waals surface area contributed by atoms with Crippen LogP contribution in [0.4, 0.5) is 10.8 Å². The smallest absolute Gasteiger partial charge is 0.265 e. The van der Waals surface area contributed by atoms with E-state index in [4.69, 9.17) is 0 Å². The summed E-state index contributed by atoms with van der Waals surface area (Å²) in [4.78, 5) is 48.6. The Kier molecular flexibility index (Phi) is 5.13. The summed E-state index contributed by atoms with van der Waals surface area (Å²) < 4.78 is 1.56. The van der Waals surface area contributed by atoms with Gasteiger partial charge in [-0.3, -0.25) is 14.4 Å². The van der Waals surface area contributed by atoms with Crippen LogP contribution < -0.4 is 10.2 Å². The molecule has 0 spiro atoms. The fourth-order valence-corrected chi connectivity index (χ4v) is 6.37. The molecule has 34 heavy (non-hydrogen) atoms. The molecule has 3 heterocycles. The van der Waals surface area contributed by atoms with Crippen LogP contribution >= 0.6 is 34.4 Å². The second-order valence-electron chi connectivity index (χ2n) is 7.46. The van der Waals surface area contributed by atoms with Gasteiger partial charge in [-0.25, -0.2) is 14.9 Å². The van der Waals surface area contributed by atoms with Crippen molar-refractivity contribution in [1.29, 1.82) is 0 Å². The fraction of sp³-hybridized carbons (Fsp3) is 0.0417. The first kappa shape index (κ1) is 21.0. The number of anilines is 2. The minimum atomic E-state index is -0.341. The molecule has 0 atom stereocenters. The van der Waals surface area contributed by atoms with Crippen molar-refractivity contribution in [3.63, 3.8) is 0 Å². The Morgan fingerprint density at radius 1 is 1.03 bits per heavy atom. The van der Waals surface area contributed by atoms with E-state index < -0.39 is 0 Å². The van der Waals surface area contributed by atoms with Crippen LogP contribution in [0.15, 0.2) is 70.5 Å². The number of thioether (sulfide) groups is 1. The van der Waals surface area contributed by atoms with Crippen LogP contribution in [-0.2, 0) is 4.79 Å². The molecule has 0 radical (unpaired) electrons. The highest BCUT2D eigenvalue weighted by Gasteiger charge is 2.34. The number of thiazole rings is 2. The van der Waals surface area contributed by atoms with Crippen LogP contribution in [-0.4, -0.2) is 33.4 Å². The molecular weight excluding hydrogens is 488 g/mol. The quantitative estimate of drug-likeness (QED) is 0.254. The summed E-state index contributed by atoms with van der Waals surface area (Å²) in [5, 5.41) is 6.68. The van der Waals surface area contributed by atoms with Gasteiger partial charge in [-0.1, -0.05) is 36.0 Å². The van der Waals surface area contributed by atoms with Crippen molar-refractivity contribution in [1.82, 2.24) is 9.97 Å². The molecule has 0 fully saturated rings. The second-order valence-corrected chi connectivity index (χ2v) is 10.6. The van der Waals surface area contributed by atoms with Crippen molar-refractivity contribution >= 4 is 84.0 Å². The highest BCUT2D eigenvalue weighted by molar-refractivity contribution is 8.01. The lowest BCUT2D eigenvalue weighted by molar-refractivity contribution is -0.113. The molecule has 10 heteroatoms. The number of benzene rings is 3. The summed E-state index contributed by atoms with van der Waals surface area (Å²) >= 11 is 4.11. The van der Waals surface area contributed by atoms with Gasteiger partial charge in [0.2, 0.25) is 5.91 Å². The number of imide groups is 1. The number of nitrogens with one attached hydrogen (secondary N) is 1. The zero-order chi connectivity index (χ0) is 23.2. The van der Waals surface area contributed by atoms with Crippen LogP contribution in [0.25, 0.3) is 21.0 Å². The number of carbonyl (C=O) groups is 3. The zero-order valence-electron chi connectivity index (χ0n) is 17.3. The number of carbonyl (C=O) groups excluding carboxylic acids is 3. The van der Waals surface area contributed by atoms with Crippen LogP contribution in [0, 0.1) is 0 Å². The van der Waals surface area contributed by atoms with Gasteiger partial charge in [0.15, 0.2) is 9.47 Å².